The van der Waals surface area contributed by atoms with E-state index in [9.17, 15) is 20.1 Å². The SMILES string of the molecule is CC(C)=CCC[C@]1(C)C=Cc2c(O)c(C(=O)C=Cc3ccccc3O)cc(O)c2O1. The summed E-state index contributed by atoms with van der Waals surface area (Å²) in [6.45, 7) is 5.98. The molecule has 0 aromatic heterocycles. The molecule has 30 heavy (non-hydrogen) atoms. The van der Waals surface area contributed by atoms with E-state index < -0.39 is 11.4 Å². The first-order valence-electron chi connectivity index (χ1n) is 9.81. The van der Waals surface area contributed by atoms with Crippen molar-refractivity contribution in [3.05, 3.63) is 70.8 Å². The van der Waals surface area contributed by atoms with E-state index in [0.717, 1.165) is 6.42 Å². The number of hydrogen-bond donors (Lipinski definition) is 3. The normalized spacial score (nSPS) is 17.4. The minimum absolute atomic E-state index is 0.0423. The van der Waals surface area contributed by atoms with Gasteiger partial charge < -0.3 is 20.1 Å². The highest BCUT2D eigenvalue weighted by molar-refractivity contribution is 6.10. The number of allylic oxidation sites excluding steroid dienone is 3. The lowest BCUT2D eigenvalue weighted by Gasteiger charge is -2.32. The van der Waals surface area contributed by atoms with Gasteiger partial charge in [-0.1, -0.05) is 29.8 Å². The second-order valence-electron chi connectivity index (χ2n) is 7.86. The maximum atomic E-state index is 12.6. The number of phenolic OH excluding ortho intramolecular Hbond substituents is 3. The molecule has 0 bridgehead atoms. The molecule has 1 aliphatic heterocycles. The third-order valence-corrected chi connectivity index (χ3v) is 5.02. The van der Waals surface area contributed by atoms with Gasteiger partial charge in [-0.3, -0.25) is 4.79 Å². The summed E-state index contributed by atoms with van der Waals surface area (Å²) in [5, 5.41) is 30.9. The van der Waals surface area contributed by atoms with Crippen molar-refractivity contribution in [1.29, 1.82) is 0 Å². The van der Waals surface area contributed by atoms with E-state index in [2.05, 4.69) is 6.08 Å². The number of ketones is 1. The summed E-state index contributed by atoms with van der Waals surface area (Å²) in [5.74, 6) is -0.755. The molecule has 0 spiro atoms. The topological polar surface area (TPSA) is 87.0 Å². The monoisotopic (exact) mass is 406 g/mol. The van der Waals surface area contributed by atoms with Crippen LogP contribution in [0.5, 0.6) is 23.0 Å². The summed E-state index contributed by atoms with van der Waals surface area (Å²) in [7, 11) is 0. The molecule has 0 radical (unpaired) electrons. The Bertz CT molecular complexity index is 1060. The molecule has 2 aromatic rings. The van der Waals surface area contributed by atoms with Gasteiger partial charge in [-0.25, -0.2) is 0 Å². The molecule has 0 fully saturated rings. The lowest BCUT2D eigenvalue weighted by molar-refractivity contribution is 0.104. The number of carbonyl (C=O) groups is 1. The van der Waals surface area contributed by atoms with E-state index in [1.54, 1.807) is 24.3 Å². The fourth-order valence-electron chi connectivity index (χ4n) is 3.30. The molecule has 3 N–H and O–H groups in total. The van der Waals surface area contributed by atoms with Gasteiger partial charge >= 0.3 is 0 Å². The third kappa shape index (κ3) is 4.57. The number of hydrogen-bond acceptors (Lipinski definition) is 5. The van der Waals surface area contributed by atoms with Crippen LogP contribution in [0.4, 0.5) is 0 Å². The van der Waals surface area contributed by atoms with E-state index in [0.29, 0.717) is 12.0 Å². The van der Waals surface area contributed by atoms with Gasteiger partial charge in [0.15, 0.2) is 17.3 Å². The Labute approximate surface area is 176 Å². The Morgan fingerprint density at radius 1 is 1.13 bits per heavy atom. The summed E-state index contributed by atoms with van der Waals surface area (Å²) in [6, 6.07) is 7.81. The minimum atomic E-state index is -0.626. The van der Waals surface area contributed by atoms with Crippen LogP contribution in [0.2, 0.25) is 0 Å². The molecule has 1 heterocycles. The Balaban J connectivity index is 1.87. The van der Waals surface area contributed by atoms with Crippen LogP contribution < -0.4 is 4.74 Å². The molecule has 5 heteroatoms. The fraction of sp³-hybridized carbons (Fsp3) is 0.240. The number of rotatable bonds is 6. The third-order valence-electron chi connectivity index (χ3n) is 5.02. The van der Waals surface area contributed by atoms with Crippen LogP contribution in [-0.4, -0.2) is 26.7 Å². The largest absolute Gasteiger partial charge is 0.507 e. The number of aromatic hydroxyl groups is 3. The molecule has 0 saturated heterocycles. The van der Waals surface area contributed by atoms with Gasteiger partial charge in [0, 0.05) is 5.56 Å². The second-order valence-corrected chi connectivity index (χ2v) is 7.86. The summed E-state index contributed by atoms with van der Waals surface area (Å²) in [4.78, 5) is 12.6. The molecule has 0 aliphatic carbocycles. The van der Waals surface area contributed by atoms with Gasteiger partial charge in [0.25, 0.3) is 0 Å². The number of fused-ring (bicyclic) bond motifs is 1. The van der Waals surface area contributed by atoms with Crippen LogP contribution in [-0.2, 0) is 0 Å². The molecule has 0 unspecified atom stereocenters. The van der Waals surface area contributed by atoms with Crippen molar-refractivity contribution in [2.75, 3.05) is 0 Å². The first-order chi connectivity index (χ1) is 14.2. The number of ether oxygens (including phenoxy) is 1. The van der Waals surface area contributed by atoms with Crippen molar-refractivity contribution in [3.63, 3.8) is 0 Å². The van der Waals surface area contributed by atoms with Gasteiger partial charge in [0.05, 0.1) is 11.1 Å². The Morgan fingerprint density at radius 3 is 2.57 bits per heavy atom. The Hall–Kier alpha value is -3.47. The highest BCUT2D eigenvalue weighted by Gasteiger charge is 2.31. The molecule has 1 aliphatic rings. The van der Waals surface area contributed by atoms with Gasteiger partial charge in [-0.05, 0) is 70.0 Å². The van der Waals surface area contributed by atoms with Crippen molar-refractivity contribution < 1.29 is 24.9 Å². The number of phenols is 3. The molecule has 5 nitrogen and oxygen atoms in total. The molecule has 1 atom stereocenters. The minimum Gasteiger partial charge on any atom is -0.507 e. The summed E-state index contributed by atoms with van der Waals surface area (Å²) < 4.78 is 6.00. The van der Waals surface area contributed by atoms with E-state index in [-0.39, 0.29) is 34.1 Å². The number of benzene rings is 2. The van der Waals surface area contributed by atoms with Crippen molar-refractivity contribution in [3.8, 4) is 23.0 Å². The standard InChI is InChI=1S/C25H26O5/c1-16(2)7-6-13-25(3)14-12-18-23(29)19(15-22(28)24(18)30-25)21(27)11-10-17-8-4-5-9-20(17)26/h4-5,7-12,14-15,26,28-29H,6,13H2,1-3H3/t25-/m1/s1. The first-order valence-corrected chi connectivity index (χ1v) is 9.81. The fourth-order valence-corrected chi connectivity index (χ4v) is 3.30. The second kappa shape index (κ2) is 8.49. The van der Waals surface area contributed by atoms with E-state index in [1.807, 2.05) is 26.8 Å². The predicted octanol–water partition coefficient (Wildman–Crippen LogP) is 5.61. The Morgan fingerprint density at radius 2 is 1.87 bits per heavy atom. The first kappa shape index (κ1) is 21.2. The highest BCUT2D eigenvalue weighted by atomic mass is 16.5. The molecule has 0 amide bonds. The smallest absolute Gasteiger partial charge is 0.189 e. The van der Waals surface area contributed by atoms with Crippen molar-refractivity contribution in [2.45, 2.75) is 39.2 Å². The van der Waals surface area contributed by atoms with Crippen molar-refractivity contribution in [2.24, 2.45) is 0 Å². The summed E-state index contributed by atoms with van der Waals surface area (Å²) >= 11 is 0. The lowest BCUT2D eigenvalue weighted by atomic mass is 9.92. The van der Waals surface area contributed by atoms with Crippen LogP contribution in [0, 0.1) is 0 Å². The molecule has 3 rings (SSSR count). The van der Waals surface area contributed by atoms with Crippen LogP contribution >= 0.6 is 0 Å². The quantitative estimate of drug-likeness (QED) is 0.251. The van der Waals surface area contributed by atoms with Gasteiger partial charge in [-0.15, -0.1) is 0 Å². The average Bonchev–Trinajstić information content (AvgIpc) is 2.69. The van der Waals surface area contributed by atoms with Crippen LogP contribution in [0.25, 0.3) is 12.2 Å². The van der Waals surface area contributed by atoms with Gasteiger partial charge in [0.2, 0.25) is 0 Å². The van der Waals surface area contributed by atoms with Gasteiger partial charge in [-0.2, -0.15) is 0 Å². The molecule has 0 saturated carbocycles. The van der Waals surface area contributed by atoms with Gasteiger partial charge in [0.1, 0.15) is 17.1 Å². The predicted molar refractivity (Wildman–Crippen MR) is 118 cm³/mol. The zero-order valence-corrected chi connectivity index (χ0v) is 17.3. The van der Waals surface area contributed by atoms with Crippen molar-refractivity contribution >= 4 is 17.9 Å². The van der Waals surface area contributed by atoms with E-state index >= 15 is 0 Å². The average molecular weight is 406 g/mol. The van der Waals surface area contributed by atoms with Crippen LogP contribution in [0.1, 0.15) is 55.1 Å². The molecular formula is C25H26O5. The maximum Gasteiger partial charge on any atom is 0.189 e. The zero-order valence-electron chi connectivity index (χ0n) is 17.3. The molecule has 2 aromatic carbocycles. The molecular weight excluding hydrogens is 380 g/mol. The summed E-state index contributed by atoms with van der Waals surface area (Å²) in [5.41, 5.74) is 1.30. The number of carbonyl (C=O) groups excluding carboxylic acids is 1. The Kier molecular flexibility index (Phi) is 6.01. The number of para-hydroxylation sites is 1. The van der Waals surface area contributed by atoms with Crippen molar-refractivity contribution in [1.82, 2.24) is 0 Å². The van der Waals surface area contributed by atoms with Crippen LogP contribution in [0.3, 0.4) is 0 Å². The lowest BCUT2D eigenvalue weighted by Crippen LogP contribution is -2.31. The van der Waals surface area contributed by atoms with E-state index in [4.69, 9.17) is 4.74 Å². The van der Waals surface area contributed by atoms with E-state index in [1.165, 1.54) is 29.9 Å². The summed E-state index contributed by atoms with van der Waals surface area (Å²) in [6.07, 6.45) is 9.86. The zero-order chi connectivity index (χ0) is 21.9. The molecule has 156 valence electrons. The maximum absolute atomic E-state index is 12.6. The highest BCUT2D eigenvalue weighted by Crippen LogP contribution is 2.45. The van der Waals surface area contributed by atoms with Crippen LogP contribution in [0.15, 0.2) is 54.1 Å².